The van der Waals surface area contributed by atoms with Crippen molar-refractivity contribution in [2.45, 2.75) is 50.6 Å². The van der Waals surface area contributed by atoms with Gasteiger partial charge in [0.05, 0.1) is 19.0 Å². The molecule has 2 aromatic rings. The van der Waals surface area contributed by atoms with E-state index in [1.165, 1.54) is 36.6 Å². The van der Waals surface area contributed by atoms with Gasteiger partial charge in [-0.15, -0.1) is 0 Å². The molecule has 4 heterocycles. The molecule has 0 saturated carbocycles. The van der Waals surface area contributed by atoms with E-state index in [-0.39, 0.29) is 42.2 Å². The molecule has 2 aliphatic heterocycles. The Morgan fingerprint density at radius 2 is 1.98 bits per heavy atom. The Labute approximate surface area is 231 Å². The van der Waals surface area contributed by atoms with Crippen molar-refractivity contribution in [2.75, 3.05) is 57.1 Å². The number of nitrogens with zero attached hydrogens (tertiary/aromatic N) is 7. The van der Waals surface area contributed by atoms with Crippen molar-refractivity contribution in [3.8, 4) is 11.8 Å². The number of anilines is 2. The van der Waals surface area contributed by atoms with E-state index in [9.17, 15) is 18.4 Å². The third-order valence-corrected chi connectivity index (χ3v) is 7.38. The highest BCUT2D eigenvalue weighted by Gasteiger charge is 2.48. The minimum Gasteiger partial charge on any atom is -0.477 e. The van der Waals surface area contributed by atoms with Crippen LogP contribution >= 0.6 is 0 Å². The van der Waals surface area contributed by atoms with Crippen LogP contribution in [0.4, 0.5) is 30.1 Å². The lowest BCUT2D eigenvalue weighted by atomic mass is 9.99. The molecule has 0 spiro atoms. The van der Waals surface area contributed by atoms with Crippen LogP contribution in [0.2, 0.25) is 0 Å². The molecular weight excluding hydrogens is 528 g/mol. The third kappa shape index (κ3) is 6.81. The van der Waals surface area contributed by atoms with Crippen LogP contribution < -0.4 is 25.0 Å². The van der Waals surface area contributed by atoms with Gasteiger partial charge >= 0.3 is 12.1 Å². The van der Waals surface area contributed by atoms with Crippen LogP contribution in [0.1, 0.15) is 33.1 Å². The Kier molecular flexibility index (Phi) is 8.81. The van der Waals surface area contributed by atoms with Crippen LogP contribution in [0.5, 0.6) is 11.8 Å². The second-order valence-corrected chi connectivity index (χ2v) is 10.1. The zero-order valence-electron chi connectivity index (χ0n) is 23.1. The summed E-state index contributed by atoms with van der Waals surface area (Å²) in [5.74, 6) is -2.69. The number of hydrogen-bond acceptors (Lipinski definition) is 10. The summed E-state index contributed by atoms with van der Waals surface area (Å²) >= 11 is 0. The Morgan fingerprint density at radius 3 is 2.65 bits per heavy atom. The van der Waals surface area contributed by atoms with Gasteiger partial charge in [-0.05, 0) is 40.3 Å². The molecule has 0 aliphatic carbocycles. The number of nitrogens with one attached hydrogen (secondary N) is 2. The zero-order valence-corrected chi connectivity index (χ0v) is 23.1. The lowest BCUT2D eigenvalue weighted by Gasteiger charge is -2.42. The average Bonchev–Trinajstić information content (AvgIpc) is 3.26. The molecule has 218 valence electrons. The summed E-state index contributed by atoms with van der Waals surface area (Å²) in [4.78, 5) is 46.3. The van der Waals surface area contributed by atoms with Crippen molar-refractivity contribution in [2.24, 2.45) is 0 Å². The number of likely N-dealkylation sites (N-methyl/N-ethyl adjacent to an activating group) is 2. The van der Waals surface area contributed by atoms with Gasteiger partial charge in [0.2, 0.25) is 17.7 Å². The molecule has 2 atom stereocenters. The Hall–Kier alpha value is -3.88. The van der Waals surface area contributed by atoms with Crippen molar-refractivity contribution in [1.29, 1.82) is 0 Å². The van der Waals surface area contributed by atoms with Crippen molar-refractivity contribution in [1.82, 2.24) is 35.1 Å². The SMILES string of the molecule is CCOc1cnc(NC(=O)N(C)[C@H]2CN(c3nccc(OC(=O)NC[C@@]4(C)CCCN4C)n3)CCC2(F)F)cn1. The normalized spacial score (nSPS) is 22.4. The van der Waals surface area contributed by atoms with Crippen LogP contribution in [0, 0.1) is 0 Å². The van der Waals surface area contributed by atoms with Gasteiger partial charge in [-0.2, -0.15) is 4.98 Å². The molecule has 40 heavy (non-hydrogen) atoms. The van der Waals surface area contributed by atoms with Crippen molar-refractivity contribution >= 4 is 23.9 Å². The fraction of sp³-hybridized carbons (Fsp3) is 0.600. The first kappa shape index (κ1) is 29.1. The minimum absolute atomic E-state index is 0.0125. The predicted molar refractivity (Wildman–Crippen MR) is 142 cm³/mol. The summed E-state index contributed by atoms with van der Waals surface area (Å²) in [5.41, 5.74) is -0.151. The summed E-state index contributed by atoms with van der Waals surface area (Å²) in [7, 11) is 3.30. The molecule has 3 amide bonds. The number of carbonyl (C=O) groups excluding carboxylic acids is 2. The molecule has 4 rings (SSSR count). The van der Waals surface area contributed by atoms with Crippen LogP contribution in [0.3, 0.4) is 0 Å². The molecule has 13 nitrogen and oxygen atoms in total. The Bertz CT molecular complexity index is 1190. The number of halogens is 2. The molecule has 0 bridgehead atoms. The molecule has 2 aromatic heterocycles. The quantitative estimate of drug-likeness (QED) is 0.493. The monoisotopic (exact) mass is 563 g/mol. The van der Waals surface area contributed by atoms with E-state index in [4.69, 9.17) is 9.47 Å². The van der Waals surface area contributed by atoms with Crippen LogP contribution in [0.25, 0.3) is 0 Å². The lowest BCUT2D eigenvalue weighted by Crippen LogP contribution is -2.60. The molecule has 0 radical (unpaired) electrons. The summed E-state index contributed by atoms with van der Waals surface area (Å²) in [6.45, 7) is 5.36. The maximum atomic E-state index is 15.0. The summed E-state index contributed by atoms with van der Waals surface area (Å²) < 4.78 is 40.5. The van der Waals surface area contributed by atoms with Crippen LogP contribution in [-0.2, 0) is 0 Å². The molecule has 0 aromatic carbocycles. The first-order valence-corrected chi connectivity index (χ1v) is 13.1. The zero-order chi connectivity index (χ0) is 28.9. The number of alkyl halides is 2. The maximum Gasteiger partial charge on any atom is 0.414 e. The number of hydrogen-bond donors (Lipinski definition) is 2. The Balaban J connectivity index is 1.37. The smallest absolute Gasteiger partial charge is 0.414 e. The number of urea groups is 1. The van der Waals surface area contributed by atoms with Gasteiger partial charge in [0.15, 0.2) is 5.82 Å². The van der Waals surface area contributed by atoms with Gasteiger partial charge < -0.3 is 24.6 Å². The highest BCUT2D eigenvalue weighted by atomic mass is 19.3. The van der Waals surface area contributed by atoms with Gasteiger partial charge in [-0.25, -0.2) is 33.3 Å². The molecular formula is C25H35F2N9O4. The number of ether oxygens (including phenoxy) is 2. The maximum absolute atomic E-state index is 15.0. The van der Waals surface area contributed by atoms with E-state index < -0.39 is 30.5 Å². The molecule has 15 heteroatoms. The third-order valence-electron chi connectivity index (χ3n) is 7.38. The number of likely N-dealkylation sites (tertiary alicyclic amines) is 1. The van der Waals surface area contributed by atoms with Gasteiger partial charge in [0.25, 0.3) is 5.92 Å². The summed E-state index contributed by atoms with van der Waals surface area (Å²) in [6, 6.07) is -0.848. The number of piperidine rings is 1. The second kappa shape index (κ2) is 12.1. The number of aromatic nitrogens is 4. The second-order valence-electron chi connectivity index (χ2n) is 10.1. The summed E-state index contributed by atoms with van der Waals surface area (Å²) in [6.07, 6.45) is 4.82. The largest absolute Gasteiger partial charge is 0.477 e. The predicted octanol–water partition coefficient (Wildman–Crippen LogP) is 2.62. The van der Waals surface area contributed by atoms with Crippen LogP contribution in [0.15, 0.2) is 24.7 Å². The lowest BCUT2D eigenvalue weighted by molar-refractivity contribution is -0.0760. The van der Waals surface area contributed by atoms with Crippen molar-refractivity contribution in [3.05, 3.63) is 24.7 Å². The first-order chi connectivity index (χ1) is 19.0. The molecule has 2 saturated heterocycles. The molecule has 2 fully saturated rings. The van der Waals surface area contributed by atoms with Gasteiger partial charge in [0.1, 0.15) is 6.04 Å². The van der Waals surface area contributed by atoms with Gasteiger partial charge in [-0.1, -0.05) is 0 Å². The standard InChI is InChI=1S/C25H35F2N9O4/c1-5-39-20-14-29-18(13-30-20)32-22(37)35(4)17-15-36(12-9-25(17,26)27)21-28-10-7-19(33-21)40-23(38)31-16-24(2)8-6-11-34(24)3/h7,10,13-14,17H,5-6,8-9,11-12,15-16H2,1-4H3,(H,31,38)(H,29,32,37)/t17-,24+/m0/s1. The molecule has 2 aliphatic rings. The topological polar surface area (TPSA) is 138 Å². The van der Waals surface area contributed by atoms with Crippen molar-refractivity contribution < 1.29 is 27.8 Å². The highest BCUT2D eigenvalue weighted by Crippen LogP contribution is 2.33. The van der Waals surface area contributed by atoms with E-state index in [0.29, 0.717) is 13.2 Å². The van der Waals surface area contributed by atoms with E-state index >= 15 is 0 Å². The fourth-order valence-corrected chi connectivity index (χ4v) is 4.73. The van der Waals surface area contributed by atoms with E-state index in [2.05, 4.69) is 42.4 Å². The van der Waals surface area contributed by atoms with E-state index in [0.717, 1.165) is 24.3 Å². The van der Waals surface area contributed by atoms with Gasteiger partial charge in [0, 0.05) is 50.9 Å². The number of amides is 3. The van der Waals surface area contributed by atoms with Crippen LogP contribution in [-0.4, -0.2) is 106 Å². The molecule has 0 unspecified atom stereocenters. The Morgan fingerprint density at radius 1 is 1.18 bits per heavy atom. The van der Waals surface area contributed by atoms with Crippen molar-refractivity contribution in [3.63, 3.8) is 0 Å². The number of rotatable bonds is 8. The van der Waals surface area contributed by atoms with E-state index in [1.807, 2.05) is 7.05 Å². The van der Waals surface area contributed by atoms with E-state index in [1.54, 1.807) is 6.92 Å². The highest BCUT2D eigenvalue weighted by molar-refractivity contribution is 5.88. The average molecular weight is 564 g/mol. The fourth-order valence-electron chi connectivity index (χ4n) is 4.73. The minimum atomic E-state index is -3.16. The summed E-state index contributed by atoms with van der Waals surface area (Å²) in [5, 5.41) is 5.25. The first-order valence-electron chi connectivity index (χ1n) is 13.1. The molecule has 2 N–H and O–H groups in total. The van der Waals surface area contributed by atoms with Gasteiger partial charge in [-0.3, -0.25) is 10.2 Å². The number of carbonyl (C=O) groups is 2.